The summed E-state index contributed by atoms with van der Waals surface area (Å²) in [6.07, 6.45) is -2.69. The van der Waals surface area contributed by atoms with Crippen LogP contribution in [0, 0.1) is 0 Å². The highest BCUT2D eigenvalue weighted by Gasteiger charge is 2.38. The Labute approximate surface area is 125 Å². The third-order valence-electron chi connectivity index (χ3n) is 3.28. The molecule has 21 heavy (non-hydrogen) atoms. The molecule has 4 nitrogen and oxygen atoms in total. The maximum Gasteiger partial charge on any atom is 0.401 e. The number of rotatable bonds is 5. The molecule has 8 heteroatoms. The van der Waals surface area contributed by atoms with E-state index in [1.165, 1.54) is 11.0 Å². The minimum absolute atomic E-state index is 0.0357. The second kappa shape index (κ2) is 6.11. The van der Waals surface area contributed by atoms with Gasteiger partial charge in [0.1, 0.15) is 0 Å². The molecule has 3 N–H and O–H groups in total. The average molecular weight is 322 g/mol. The van der Waals surface area contributed by atoms with Gasteiger partial charge in [-0.25, -0.2) is 0 Å². The normalized spacial score (nSPS) is 16.5. The molecular weight excluding hydrogens is 307 g/mol. The van der Waals surface area contributed by atoms with Gasteiger partial charge in [-0.1, -0.05) is 28.9 Å². The molecule has 0 atom stereocenters. The summed E-state index contributed by atoms with van der Waals surface area (Å²) < 4.78 is 37.7. The van der Waals surface area contributed by atoms with E-state index >= 15 is 0 Å². The Hall–Kier alpha value is -1.47. The van der Waals surface area contributed by atoms with Crippen molar-refractivity contribution in [2.75, 3.05) is 6.54 Å². The number of amidine groups is 1. The first-order valence-corrected chi connectivity index (χ1v) is 6.75. The first kappa shape index (κ1) is 15.9. The van der Waals surface area contributed by atoms with Crippen LogP contribution < -0.4 is 5.73 Å². The minimum atomic E-state index is -4.23. The smallest absolute Gasteiger partial charge is 0.401 e. The highest BCUT2D eigenvalue weighted by molar-refractivity contribution is 6.31. The van der Waals surface area contributed by atoms with Crippen LogP contribution in [0.3, 0.4) is 0 Å². The van der Waals surface area contributed by atoms with Crippen LogP contribution in [-0.2, 0) is 6.54 Å². The Morgan fingerprint density at radius 3 is 2.57 bits per heavy atom. The summed E-state index contributed by atoms with van der Waals surface area (Å²) in [4.78, 5) is 1.38. The molecule has 0 aromatic heterocycles. The molecule has 2 rings (SSSR count). The third-order valence-corrected chi connectivity index (χ3v) is 3.63. The van der Waals surface area contributed by atoms with Gasteiger partial charge < -0.3 is 10.9 Å². The number of alkyl halides is 3. The fourth-order valence-corrected chi connectivity index (χ4v) is 2.34. The topological polar surface area (TPSA) is 61.9 Å². The number of hydrogen-bond acceptors (Lipinski definition) is 3. The van der Waals surface area contributed by atoms with Crippen molar-refractivity contribution < 1.29 is 18.4 Å². The molecule has 0 radical (unpaired) electrons. The fraction of sp³-hybridized carbons (Fsp3) is 0.462. The Bertz CT molecular complexity index is 544. The Morgan fingerprint density at radius 2 is 2.10 bits per heavy atom. The molecule has 116 valence electrons. The summed E-state index contributed by atoms with van der Waals surface area (Å²) in [5.74, 6) is -0.0993. The van der Waals surface area contributed by atoms with Crippen molar-refractivity contribution >= 4 is 17.4 Å². The van der Waals surface area contributed by atoms with Gasteiger partial charge in [-0.2, -0.15) is 13.2 Å². The third kappa shape index (κ3) is 4.50. The molecule has 1 aromatic rings. The lowest BCUT2D eigenvalue weighted by atomic mass is 10.1. The summed E-state index contributed by atoms with van der Waals surface area (Å²) >= 11 is 6.07. The molecule has 1 saturated carbocycles. The van der Waals surface area contributed by atoms with Crippen LogP contribution in [0.15, 0.2) is 23.4 Å². The molecule has 0 aliphatic heterocycles. The van der Waals surface area contributed by atoms with E-state index in [-0.39, 0.29) is 18.4 Å². The Balaban J connectivity index is 2.14. The summed E-state index contributed by atoms with van der Waals surface area (Å²) in [5.41, 5.74) is 6.44. The number of hydrogen-bond donors (Lipinski definition) is 2. The summed E-state index contributed by atoms with van der Waals surface area (Å²) in [6, 6.07) is 4.60. The molecule has 1 aliphatic carbocycles. The fourth-order valence-electron chi connectivity index (χ4n) is 2.10. The van der Waals surface area contributed by atoms with E-state index in [2.05, 4.69) is 5.16 Å². The van der Waals surface area contributed by atoms with Crippen LogP contribution in [0.25, 0.3) is 0 Å². The maximum absolute atomic E-state index is 12.6. The predicted molar refractivity (Wildman–Crippen MR) is 73.4 cm³/mol. The van der Waals surface area contributed by atoms with Gasteiger partial charge in [0.15, 0.2) is 5.84 Å². The van der Waals surface area contributed by atoms with Gasteiger partial charge in [-0.3, -0.25) is 4.90 Å². The van der Waals surface area contributed by atoms with Crippen molar-refractivity contribution in [1.29, 1.82) is 0 Å². The van der Waals surface area contributed by atoms with E-state index in [1.807, 2.05) is 0 Å². The van der Waals surface area contributed by atoms with Gasteiger partial charge in [0.05, 0.1) is 6.54 Å². The quantitative estimate of drug-likeness (QED) is 0.379. The van der Waals surface area contributed by atoms with E-state index in [0.29, 0.717) is 16.1 Å². The van der Waals surface area contributed by atoms with Gasteiger partial charge in [0, 0.05) is 23.2 Å². The molecule has 0 heterocycles. The highest BCUT2D eigenvalue weighted by atomic mass is 35.5. The van der Waals surface area contributed by atoms with Gasteiger partial charge in [0.25, 0.3) is 0 Å². The average Bonchev–Trinajstić information content (AvgIpc) is 3.22. The lowest BCUT2D eigenvalue weighted by Crippen LogP contribution is -2.35. The molecule has 1 fully saturated rings. The maximum atomic E-state index is 12.6. The van der Waals surface area contributed by atoms with Crippen LogP contribution in [0.4, 0.5) is 13.2 Å². The number of halogens is 4. The largest absolute Gasteiger partial charge is 0.409 e. The van der Waals surface area contributed by atoms with Gasteiger partial charge in [-0.15, -0.1) is 0 Å². The number of nitrogens with zero attached hydrogens (tertiary/aromatic N) is 2. The lowest BCUT2D eigenvalue weighted by molar-refractivity contribution is -0.148. The van der Waals surface area contributed by atoms with Crippen LogP contribution in [0.5, 0.6) is 0 Å². The number of nitrogens with two attached hydrogens (primary N) is 1. The molecule has 0 bridgehead atoms. The zero-order valence-electron chi connectivity index (χ0n) is 11.1. The summed E-state index contributed by atoms with van der Waals surface area (Å²) in [5, 5.41) is 11.7. The van der Waals surface area contributed by atoms with Gasteiger partial charge >= 0.3 is 6.18 Å². The van der Waals surface area contributed by atoms with E-state index < -0.39 is 12.7 Å². The molecular formula is C13H15ClF3N3O. The van der Waals surface area contributed by atoms with Crippen molar-refractivity contribution in [2.24, 2.45) is 10.9 Å². The van der Waals surface area contributed by atoms with Crippen molar-refractivity contribution in [3.05, 3.63) is 34.3 Å². The van der Waals surface area contributed by atoms with E-state index in [0.717, 1.165) is 12.8 Å². The van der Waals surface area contributed by atoms with E-state index in [9.17, 15) is 13.2 Å². The summed E-state index contributed by atoms with van der Waals surface area (Å²) in [7, 11) is 0. The second-order valence-electron chi connectivity index (χ2n) is 5.04. The molecule has 1 aliphatic rings. The van der Waals surface area contributed by atoms with Crippen LogP contribution in [0.1, 0.15) is 24.0 Å². The monoisotopic (exact) mass is 321 g/mol. The predicted octanol–water partition coefficient (Wildman–Crippen LogP) is 2.96. The number of benzene rings is 1. The van der Waals surface area contributed by atoms with Crippen molar-refractivity contribution in [1.82, 2.24) is 4.90 Å². The van der Waals surface area contributed by atoms with Gasteiger partial charge in [0.2, 0.25) is 0 Å². The van der Waals surface area contributed by atoms with Crippen molar-refractivity contribution in [3.8, 4) is 0 Å². The zero-order valence-corrected chi connectivity index (χ0v) is 11.8. The first-order chi connectivity index (χ1) is 9.80. The van der Waals surface area contributed by atoms with Crippen LogP contribution in [-0.4, -0.2) is 34.7 Å². The lowest BCUT2D eigenvalue weighted by Gasteiger charge is -2.24. The van der Waals surface area contributed by atoms with Crippen LogP contribution >= 0.6 is 11.6 Å². The molecule has 0 unspecified atom stereocenters. The first-order valence-electron chi connectivity index (χ1n) is 6.37. The molecule has 0 saturated heterocycles. The summed E-state index contributed by atoms with van der Waals surface area (Å²) in [6.45, 7) is -0.824. The molecule has 0 spiro atoms. The highest BCUT2D eigenvalue weighted by Crippen LogP contribution is 2.32. The zero-order chi connectivity index (χ0) is 15.6. The molecule has 1 aromatic carbocycles. The standard InChI is InChI=1S/C13H15ClF3N3O/c14-11-5-8(12(18)19-21)1-2-9(11)6-20(10-3-4-10)7-13(15,16)17/h1-2,5,10,21H,3-4,6-7H2,(H2,18,19). The van der Waals surface area contributed by atoms with Gasteiger partial charge in [-0.05, 0) is 24.5 Å². The SMILES string of the molecule is N/C(=N/O)c1ccc(CN(CC(F)(F)F)C2CC2)c(Cl)c1. The van der Waals surface area contributed by atoms with Crippen molar-refractivity contribution in [3.63, 3.8) is 0 Å². The minimum Gasteiger partial charge on any atom is -0.409 e. The molecule has 0 amide bonds. The Morgan fingerprint density at radius 1 is 1.43 bits per heavy atom. The number of oxime groups is 1. The second-order valence-corrected chi connectivity index (χ2v) is 5.45. The van der Waals surface area contributed by atoms with Crippen LogP contribution in [0.2, 0.25) is 5.02 Å². The Kier molecular flexibility index (Phi) is 4.63. The van der Waals surface area contributed by atoms with Crippen molar-refractivity contribution in [2.45, 2.75) is 31.6 Å². The van der Waals surface area contributed by atoms with E-state index in [4.69, 9.17) is 22.5 Å². The van der Waals surface area contributed by atoms with E-state index in [1.54, 1.807) is 12.1 Å².